The van der Waals surface area contributed by atoms with Crippen molar-refractivity contribution < 1.29 is 19.7 Å². The average Bonchev–Trinajstić information content (AvgIpc) is 3.26. The van der Waals surface area contributed by atoms with Gasteiger partial charge in [0.2, 0.25) is 0 Å². The van der Waals surface area contributed by atoms with Crippen LogP contribution in [0.25, 0.3) is 23.1 Å². The van der Waals surface area contributed by atoms with Gasteiger partial charge in [0.25, 0.3) is 0 Å². The average molecular weight is 502 g/mol. The molecule has 0 amide bonds. The van der Waals surface area contributed by atoms with Crippen molar-refractivity contribution in [2.45, 2.75) is 72.0 Å². The fourth-order valence-corrected chi connectivity index (χ4v) is 6.34. The van der Waals surface area contributed by atoms with Crippen molar-refractivity contribution in [2.75, 3.05) is 7.11 Å². The highest BCUT2D eigenvalue weighted by Gasteiger charge is 2.54. The van der Waals surface area contributed by atoms with Crippen LogP contribution in [0, 0.1) is 11.3 Å². The Labute approximate surface area is 219 Å². The number of phenols is 1. The molecule has 37 heavy (non-hydrogen) atoms. The Morgan fingerprint density at radius 2 is 1.86 bits per heavy atom. The van der Waals surface area contributed by atoms with Crippen LogP contribution >= 0.6 is 0 Å². The summed E-state index contributed by atoms with van der Waals surface area (Å²) < 4.78 is 12.4. The van der Waals surface area contributed by atoms with Gasteiger partial charge in [-0.2, -0.15) is 0 Å². The van der Waals surface area contributed by atoms with Crippen molar-refractivity contribution in [2.24, 2.45) is 11.3 Å². The summed E-state index contributed by atoms with van der Waals surface area (Å²) in [4.78, 5) is 3.31. The first kappa shape index (κ1) is 25.5. The number of phenolic OH excluding ortho intramolecular Hbond substituents is 1. The summed E-state index contributed by atoms with van der Waals surface area (Å²) in [6.07, 6.45) is 11.1. The van der Waals surface area contributed by atoms with Gasteiger partial charge in [-0.25, -0.2) is 0 Å². The van der Waals surface area contributed by atoms with Crippen LogP contribution in [-0.2, 0) is 12.8 Å². The molecule has 3 aromatic rings. The molecule has 0 radical (unpaired) electrons. The van der Waals surface area contributed by atoms with Gasteiger partial charge in [0.1, 0.15) is 11.4 Å². The molecule has 3 atom stereocenters. The van der Waals surface area contributed by atoms with Crippen LogP contribution in [0.4, 0.5) is 0 Å². The van der Waals surface area contributed by atoms with Gasteiger partial charge in [-0.1, -0.05) is 37.6 Å². The first-order valence-corrected chi connectivity index (χ1v) is 13.2. The van der Waals surface area contributed by atoms with Crippen molar-refractivity contribution in [3.63, 3.8) is 0 Å². The fourth-order valence-electron chi connectivity index (χ4n) is 6.34. The van der Waals surface area contributed by atoms with Crippen molar-refractivity contribution >= 4 is 23.1 Å². The van der Waals surface area contributed by atoms with Gasteiger partial charge in [-0.05, 0) is 98.4 Å². The molecule has 5 nitrogen and oxygen atoms in total. The van der Waals surface area contributed by atoms with Crippen LogP contribution in [0.5, 0.6) is 17.2 Å². The van der Waals surface area contributed by atoms with Crippen LogP contribution in [0.15, 0.2) is 42.1 Å². The molecule has 0 spiro atoms. The molecular formula is C32H39NO4. The highest BCUT2D eigenvalue weighted by atomic mass is 16.5. The Bertz CT molecular complexity index is 1390. The smallest absolute Gasteiger partial charge is 0.165 e. The van der Waals surface area contributed by atoms with Crippen LogP contribution in [0.3, 0.4) is 0 Å². The van der Waals surface area contributed by atoms with E-state index in [1.165, 1.54) is 5.57 Å². The van der Waals surface area contributed by atoms with Crippen LogP contribution in [0.2, 0.25) is 0 Å². The summed E-state index contributed by atoms with van der Waals surface area (Å²) in [6, 6.07) is 8.05. The van der Waals surface area contributed by atoms with E-state index in [0.29, 0.717) is 0 Å². The highest BCUT2D eigenvalue weighted by Crippen LogP contribution is 2.55. The van der Waals surface area contributed by atoms with E-state index in [1.807, 2.05) is 30.5 Å². The normalized spacial score (nSPS) is 24.4. The number of ether oxygens (including phenoxy) is 2. The lowest BCUT2D eigenvalue weighted by Gasteiger charge is -2.55. The second-order valence-electron chi connectivity index (χ2n) is 11.9. The number of H-pyrrole nitrogens is 1. The van der Waals surface area contributed by atoms with Crippen LogP contribution in [0.1, 0.15) is 69.7 Å². The summed E-state index contributed by atoms with van der Waals surface area (Å²) in [5.41, 5.74) is 5.73. The molecule has 1 fully saturated rings. The van der Waals surface area contributed by atoms with Gasteiger partial charge in [-0.15, -0.1) is 0 Å². The van der Waals surface area contributed by atoms with E-state index in [4.69, 9.17) is 9.47 Å². The van der Waals surface area contributed by atoms with E-state index in [2.05, 4.69) is 57.8 Å². The maximum atomic E-state index is 10.8. The van der Waals surface area contributed by atoms with E-state index in [1.54, 1.807) is 7.11 Å². The van der Waals surface area contributed by atoms with Gasteiger partial charge >= 0.3 is 0 Å². The lowest BCUT2D eigenvalue weighted by molar-refractivity contribution is -0.138. The number of aliphatic hydroxyl groups excluding tert-OH is 1. The van der Waals surface area contributed by atoms with E-state index < -0.39 is 0 Å². The molecular weight excluding hydrogens is 462 g/mol. The monoisotopic (exact) mass is 501 g/mol. The molecule has 2 aliphatic rings. The Morgan fingerprint density at radius 3 is 2.57 bits per heavy atom. The lowest BCUT2D eigenvalue weighted by atomic mass is 9.57. The Morgan fingerprint density at radius 1 is 1.14 bits per heavy atom. The zero-order chi connectivity index (χ0) is 26.5. The number of aromatic amines is 1. The SMILES string of the molecule is COc1cc(C=Cc2cc(O)c3c(CC=C(C)C)c[nH]c3c2)cc2c1OC1(C)CCC(O)C(C)(C)C1C2. The summed E-state index contributed by atoms with van der Waals surface area (Å²) in [7, 11) is 1.68. The van der Waals surface area contributed by atoms with Crippen molar-refractivity contribution in [1.82, 2.24) is 4.98 Å². The molecule has 0 bridgehead atoms. The zero-order valence-electron chi connectivity index (χ0n) is 22.8. The minimum absolute atomic E-state index is 0.202. The number of aliphatic hydroxyl groups is 1. The van der Waals surface area contributed by atoms with Gasteiger partial charge in [-0.3, -0.25) is 0 Å². The molecule has 2 heterocycles. The summed E-state index contributed by atoms with van der Waals surface area (Å²) in [5.74, 6) is 2.03. The second-order valence-corrected chi connectivity index (χ2v) is 11.9. The van der Waals surface area contributed by atoms with E-state index in [9.17, 15) is 10.2 Å². The zero-order valence-corrected chi connectivity index (χ0v) is 22.8. The molecule has 1 saturated carbocycles. The number of allylic oxidation sites excluding steroid dienone is 2. The molecule has 2 aromatic carbocycles. The molecule has 1 aliphatic heterocycles. The second kappa shape index (κ2) is 9.29. The minimum Gasteiger partial charge on any atom is -0.507 e. The van der Waals surface area contributed by atoms with Gasteiger partial charge in [0.05, 0.1) is 13.2 Å². The third kappa shape index (κ3) is 4.54. The summed E-state index contributed by atoms with van der Waals surface area (Å²) in [5, 5.41) is 22.4. The topological polar surface area (TPSA) is 74.7 Å². The van der Waals surface area contributed by atoms with E-state index in [-0.39, 0.29) is 28.8 Å². The quantitative estimate of drug-likeness (QED) is 0.259. The first-order chi connectivity index (χ1) is 17.5. The predicted octanol–water partition coefficient (Wildman–Crippen LogP) is 7.05. The third-order valence-electron chi connectivity index (χ3n) is 8.60. The highest BCUT2D eigenvalue weighted by molar-refractivity contribution is 5.92. The van der Waals surface area contributed by atoms with Crippen LogP contribution < -0.4 is 9.47 Å². The van der Waals surface area contributed by atoms with Gasteiger partial charge < -0.3 is 24.7 Å². The summed E-state index contributed by atoms with van der Waals surface area (Å²) >= 11 is 0. The van der Waals surface area contributed by atoms with Crippen molar-refractivity contribution in [3.05, 3.63) is 64.4 Å². The Hall–Kier alpha value is -3.18. The van der Waals surface area contributed by atoms with Crippen molar-refractivity contribution in [3.8, 4) is 17.2 Å². The first-order valence-electron chi connectivity index (χ1n) is 13.2. The van der Waals surface area contributed by atoms with E-state index in [0.717, 1.165) is 70.3 Å². The number of hydrogen-bond acceptors (Lipinski definition) is 4. The third-order valence-corrected chi connectivity index (χ3v) is 8.60. The van der Waals surface area contributed by atoms with Gasteiger partial charge in [0, 0.05) is 23.0 Å². The number of fused-ring (bicyclic) bond motifs is 3. The molecule has 1 aromatic heterocycles. The molecule has 196 valence electrons. The molecule has 3 N–H and O–H groups in total. The fraction of sp³-hybridized carbons (Fsp3) is 0.438. The lowest BCUT2D eigenvalue weighted by Crippen LogP contribution is -2.58. The van der Waals surface area contributed by atoms with Gasteiger partial charge in [0.15, 0.2) is 11.5 Å². The molecule has 5 heteroatoms. The summed E-state index contributed by atoms with van der Waals surface area (Å²) in [6.45, 7) is 10.7. The maximum Gasteiger partial charge on any atom is 0.165 e. The molecule has 5 rings (SSSR count). The van der Waals surface area contributed by atoms with E-state index >= 15 is 0 Å². The number of nitrogens with one attached hydrogen (secondary N) is 1. The Balaban J connectivity index is 1.46. The Kier molecular flexibility index (Phi) is 6.39. The number of aromatic hydroxyl groups is 1. The predicted molar refractivity (Wildman–Crippen MR) is 150 cm³/mol. The molecule has 0 saturated heterocycles. The number of hydrogen-bond donors (Lipinski definition) is 3. The number of methoxy groups -OCH3 is 1. The van der Waals surface area contributed by atoms with Crippen LogP contribution in [-0.4, -0.2) is 34.0 Å². The standard InChI is InChI=1S/C32H39NO4/c1-19(2)7-10-22-18-33-24-14-21(15-25(34)29(22)24)9-8-20-13-23-17-27-31(3,4)28(35)11-12-32(27,5)37-30(23)26(16-20)36-6/h7-9,13-16,18,27-28,33-35H,10-12,17H2,1-6H3. The largest absolute Gasteiger partial charge is 0.507 e. The molecule has 3 unspecified atom stereocenters. The number of aromatic nitrogens is 1. The minimum atomic E-state index is -0.334. The maximum absolute atomic E-state index is 10.8. The molecule has 1 aliphatic carbocycles. The number of rotatable bonds is 5. The number of benzene rings is 2. The van der Waals surface area contributed by atoms with Crippen molar-refractivity contribution in [1.29, 1.82) is 0 Å².